The molecule has 7 nitrogen and oxygen atoms in total. The molecule has 1 aliphatic heterocycles. The lowest BCUT2D eigenvalue weighted by Gasteiger charge is -2.22. The average molecular weight is 433 g/mol. The van der Waals surface area contributed by atoms with Crippen molar-refractivity contribution < 1.29 is 27.8 Å². The second-order valence-corrected chi connectivity index (χ2v) is 7.16. The highest BCUT2D eigenvalue weighted by Crippen LogP contribution is 2.32. The van der Waals surface area contributed by atoms with Gasteiger partial charge in [0.2, 0.25) is 11.8 Å². The number of rotatable bonds is 8. The van der Waals surface area contributed by atoms with E-state index in [0.717, 1.165) is 12.1 Å². The van der Waals surface area contributed by atoms with E-state index in [-0.39, 0.29) is 30.5 Å². The first-order valence-corrected chi connectivity index (χ1v) is 10.0. The molecule has 0 spiro atoms. The maximum absolute atomic E-state index is 13.9. The molecule has 0 radical (unpaired) electrons. The topological polar surface area (TPSA) is 79.9 Å². The van der Waals surface area contributed by atoms with Crippen molar-refractivity contribution >= 4 is 17.5 Å². The van der Waals surface area contributed by atoms with Crippen LogP contribution in [0.15, 0.2) is 36.4 Å². The molecule has 1 atom stereocenters. The van der Waals surface area contributed by atoms with Gasteiger partial charge in [0.15, 0.2) is 11.5 Å². The van der Waals surface area contributed by atoms with Crippen LogP contribution in [0.2, 0.25) is 0 Å². The predicted molar refractivity (Wildman–Crippen MR) is 111 cm³/mol. The number of ether oxygens (including phenoxy) is 2. The van der Waals surface area contributed by atoms with Crippen molar-refractivity contribution in [3.8, 4) is 11.5 Å². The van der Waals surface area contributed by atoms with E-state index < -0.39 is 17.7 Å². The first-order chi connectivity index (χ1) is 14.9. The van der Waals surface area contributed by atoms with E-state index in [1.807, 2.05) is 6.92 Å². The fourth-order valence-electron chi connectivity index (χ4n) is 3.22. The number of nitrogens with zero attached hydrogens (tertiary/aromatic N) is 1. The summed E-state index contributed by atoms with van der Waals surface area (Å²) in [6.45, 7) is 4.78. The lowest BCUT2D eigenvalue weighted by Crippen LogP contribution is -2.41. The van der Waals surface area contributed by atoms with E-state index in [2.05, 4.69) is 10.6 Å². The summed E-state index contributed by atoms with van der Waals surface area (Å²) in [7, 11) is 0. The van der Waals surface area contributed by atoms with Crippen LogP contribution >= 0.6 is 0 Å². The van der Waals surface area contributed by atoms with Crippen LogP contribution in [0.25, 0.3) is 0 Å². The Labute approximate surface area is 179 Å². The number of benzene rings is 2. The molecule has 2 aromatic rings. The minimum absolute atomic E-state index is 0.00233. The molecule has 9 heteroatoms. The molecule has 0 fully saturated rings. The Hall–Kier alpha value is -3.20. The summed E-state index contributed by atoms with van der Waals surface area (Å²) >= 11 is 0. The summed E-state index contributed by atoms with van der Waals surface area (Å²) in [5.41, 5.74) is 0.754. The molecular weight excluding hydrogens is 408 g/mol. The molecule has 1 aliphatic rings. The number of halogens is 2. The first kappa shape index (κ1) is 22.5. The van der Waals surface area contributed by atoms with Crippen molar-refractivity contribution in [3.63, 3.8) is 0 Å². The Morgan fingerprint density at radius 3 is 2.45 bits per heavy atom. The van der Waals surface area contributed by atoms with Gasteiger partial charge in [0.25, 0.3) is 0 Å². The third-order valence-corrected chi connectivity index (χ3v) is 4.81. The molecule has 2 aromatic carbocycles. The third kappa shape index (κ3) is 6.14. The summed E-state index contributed by atoms with van der Waals surface area (Å²) in [5.74, 6) is -0.866. The standard InChI is InChI=1S/C22H25F2N3O4/c1-3-27(12-21(28)25-14(2)17-6-4-15(23)10-18(17)24)13-22(29)26-16-5-7-19-20(11-16)31-9-8-30-19/h4-7,10-11,14H,3,8-9,12-13H2,1-2H3,(H,25,28)(H,26,29). The van der Waals surface area contributed by atoms with E-state index in [9.17, 15) is 18.4 Å². The Balaban J connectivity index is 1.52. The number of hydrogen-bond donors (Lipinski definition) is 2. The number of hydrogen-bond acceptors (Lipinski definition) is 5. The Morgan fingerprint density at radius 2 is 1.74 bits per heavy atom. The van der Waals surface area contributed by atoms with Crippen LogP contribution in [0.5, 0.6) is 11.5 Å². The van der Waals surface area contributed by atoms with Crippen LogP contribution in [0.3, 0.4) is 0 Å². The van der Waals surface area contributed by atoms with E-state index >= 15 is 0 Å². The SMILES string of the molecule is CCN(CC(=O)Nc1ccc2c(c1)OCCO2)CC(=O)NC(C)c1ccc(F)cc1F. The zero-order valence-electron chi connectivity index (χ0n) is 17.4. The zero-order valence-corrected chi connectivity index (χ0v) is 17.4. The molecule has 0 aliphatic carbocycles. The van der Waals surface area contributed by atoms with Crippen LogP contribution in [0.4, 0.5) is 14.5 Å². The lowest BCUT2D eigenvalue weighted by atomic mass is 10.1. The fourth-order valence-corrected chi connectivity index (χ4v) is 3.22. The summed E-state index contributed by atoms with van der Waals surface area (Å²) in [6.07, 6.45) is 0. The minimum atomic E-state index is -0.723. The second-order valence-electron chi connectivity index (χ2n) is 7.16. The molecule has 0 saturated carbocycles. The van der Waals surface area contributed by atoms with Crippen molar-refractivity contribution in [3.05, 3.63) is 53.6 Å². The van der Waals surface area contributed by atoms with E-state index in [1.54, 1.807) is 30.0 Å². The van der Waals surface area contributed by atoms with Crippen molar-refractivity contribution in [2.75, 3.05) is 38.2 Å². The monoisotopic (exact) mass is 433 g/mol. The first-order valence-electron chi connectivity index (χ1n) is 10.0. The summed E-state index contributed by atoms with van der Waals surface area (Å²) < 4.78 is 37.9. The molecule has 3 rings (SSSR count). The number of amides is 2. The highest BCUT2D eigenvalue weighted by atomic mass is 19.1. The van der Waals surface area contributed by atoms with Crippen molar-refractivity contribution in [2.24, 2.45) is 0 Å². The molecule has 31 heavy (non-hydrogen) atoms. The molecule has 1 unspecified atom stereocenters. The number of carbonyl (C=O) groups is 2. The van der Waals surface area contributed by atoms with E-state index in [0.29, 0.717) is 36.9 Å². The van der Waals surface area contributed by atoms with Crippen molar-refractivity contribution in [2.45, 2.75) is 19.9 Å². The maximum atomic E-state index is 13.9. The van der Waals surface area contributed by atoms with Gasteiger partial charge in [-0.1, -0.05) is 13.0 Å². The van der Waals surface area contributed by atoms with Gasteiger partial charge in [-0.05, 0) is 31.7 Å². The molecule has 0 bridgehead atoms. The third-order valence-electron chi connectivity index (χ3n) is 4.81. The molecule has 166 valence electrons. The van der Waals surface area contributed by atoms with Crippen LogP contribution in [0.1, 0.15) is 25.5 Å². The number of nitrogens with one attached hydrogen (secondary N) is 2. The molecule has 2 N–H and O–H groups in total. The smallest absolute Gasteiger partial charge is 0.238 e. The Morgan fingerprint density at radius 1 is 1.03 bits per heavy atom. The van der Waals surface area contributed by atoms with Gasteiger partial charge in [-0.3, -0.25) is 14.5 Å². The van der Waals surface area contributed by atoms with Crippen LogP contribution in [-0.4, -0.2) is 49.6 Å². The van der Waals surface area contributed by atoms with Crippen LogP contribution in [0, 0.1) is 11.6 Å². The Bertz CT molecular complexity index is 954. The molecule has 1 heterocycles. The van der Waals surface area contributed by atoms with Gasteiger partial charge in [-0.15, -0.1) is 0 Å². The van der Waals surface area contributed by atoms with Gasteiger partial charge in [0.05, 0.1) is 19.1 Å². The highest BCUT2D eigenvalue weighted by Gasteiger charge is 2.18. The van der Waals surface area contributed by atoms with Gasteiger partial charge < -0.3 is 20.1 Å². The molecule has 0 saturated heterocycles. The van der Waals surface area contributed by atoms with Crippen molar-refractivity contribution in [1.82, 2.24) is 10.2 Å². The largest absolute Gasteiger partial charge is 0.486 e. The van der Waals surface area contributed by atoms with Crippen LogP contribution < -0.4 is 20.1 Å². The summed E-state index contributed by atoms with van der Waals surface area (Å²) in [4.78, 5) is 26.4. The number of anilines is 1. The Kier molecular flexibility index (Phi) is 7.41. The van der Waals surface area contributed by atoms with E-state index in [1.165, 1.54) is 6.07 Å². The molecule has 2 amide bonds. The minimum Gasteiger partial charge on any atom is -0.486 e. The second kappa shape index (κ2) is 10.2. The molecular formula is C22H25F2N3O4. The maximum Gasteiger partial charge on any atom is 0.238 e. The summed E-state index contributed by atoms with van der Waals surface area (Å²) in [5, 5.41) is 5.45. The summed E-state index contributed by atoms with van der Waals surface area (Å²) in [6, 6.07) is 7.71. The lowest BCUT2D eigenvalue weighted by molar-refractivity contribution is -0.123. The highest BCUT2D eigenvalue weighted by molar-refractivity contribution is 5.93. The van der Waals surface area contributed by atoms with Gasteiger partial charge >= 0.3 is 0 Å². The predicted octanol–water partition coefficient (Wildman–Crippen LogP) is 2.87. The van der Waals surface area contributed by atoms with Crippen LogP contribution in [-0.2, 0) is 9.59 Å². The van der Waals surface area contributed by atoms with Gasteiger partial charge in [-0.25, -0.2) is 8.78 Å². The zero-order chi connectivity index (χ0) is 22.4. The van der Waals surface area contributed by atoms with Gasteiger partial charge in [0, 0.05) is 23.4 Å². The molecule has 0 aromatic heterocycles. The number of carbonyl (C=O) groups excluding carboxylic acids is 2. The number of likely N-dealkylation sites (N-methyl/N-ethyl adjacent to an activating group) is 1. The van der Waals surface area contributed by atoms with Crippen molar-refractivity contribution in [1.29, 1.82) is 0 Å². The van der Waals surface area contributed by atoms with E-state index in [4.69, 9.17) is 9.47 Å². The fraction of sp³-hybridized carbons (Fsp3) is 0.364. The number of fused-ring (bicyclic) bond motifs is 1. The normalized spacial score (nSPS) is 13.6. The quantitative estimate of drug-likeness (QED) is 0.669. The van der Waals surface area contributed by atoms with Gasteiger partial charge in [-0.2, -0.15) is 0 Å². The average Bonchev–Trinajstić information content (AvgIpc) is 2.72. The van der Waals surface area contributed by atoms with Gasteiger partial charge in [0.1, 0.15) is 24.8 Å².